The molecule has 11 heteroatoms. The van der Waals surface area contributed by atoms with E-state index < -0.39 is 17.5 Å². The van der Waals surface area contributed by atoms with Crippen LogP contribution in [-0.4, -0.2) is 58.3 Å². The standard InChI is InChI=1S/C20H23F2N7OS/c1-11-10-27(2)7-8-29(11)20-14(9-24-28(20)3)25-18(30)16-17(23)31-19(26-16)15-12(21)5-4-6-13(15)22/h4-6,9,11H,7-8,10,23H2,1-3H3,(H,25,30)/t11-/m1/s1. The molecule has 3 heterocycles. The summed E-state index contributed by atoms with van der Waals surface area (Å²) in [6.45, 7) is 4.67. The number of halogens is 2. The molecule has 164 valence electrons. The minimum Gasteiger partial charge on any atom is -0.389 e. The summed E-state index contributed by atoms with van der Waals surface area (Å²) in [7, 11) is 3.88. The molecule has 4 rings (SSSR count). The first kappa shape index (κ1) is 21.2. The first-order valence-electron chi connectivity index (χ1n) is 9.75. The molecule has 1 saturated heterocycles. The molecule has 1 atom stereocenters. The first-order valence-corrected chi connectivity index (χ1v) is 10.6. The first-order chi connectivity index (χ1) is 14.8. The van der Waals surface area contributed by atoms with Crippen LogP contribution in [0.1, 0.15) is 17.4 Å². The van der Waals surface area contributed by atoms with Crippen LogP contribution >= 0.6 is 11.3 Å². The van der Waals surface area contributed by atoms with Crippen molar-refractivity contribution in [1.29, 1.82) is 0 Å². The van der Waals surface area contributed by atoms with Crippen LogP contribution in [0.2, 0.25) is 0 Å². The van der Waals surface area contributed by atoms with Gasteiger partial charge < -0.3 is 20.9 Å². The molecule has 0 spiro atoms. The molecule has 8 nitrogen and oxygen atoms in total. The highest BCUT2D eigenvalue weighted by Gasteiger charge is 2.28. The number of nitrogens with one attached hydrogen (secondary N) is 1. The smallest absolute Gasteiger partial charge is 0.277 e. The molecule has 3 aromatic rings. The molecule has 2 aromatic heterocycles. The lowest BCUT2D eigenvalue weighted by Crippen LogP contribution is -2.51. The predicted molar refractivity (Wildman–Crippen MR) is 117 cm³/mol. The number of nitrogens with zero attached hydrogens (tertiary/aromatic N) is 5. The van der Waals surface area contributed by atoms with Crippen molar-refractivity contribution in [3.63, 3.8) is 0 Å². The van der Waals surface area contributed by atoms with Crippen LogP contribution in [0, 0.1) is 11.6 Å². The van der Waals surface area contributed by atoms with Crippen molar-refractivity contribution in [2.75, 3.05) is 42.6 Å². The van der Waals surface area contributed by atoms with E-state index in [4.69, 9.17) is 5.73 Å². The Kier molecular flexibility index (Phi) is 5.63. The summed E-state index contributed by atoms with van der Waals surface area (Å²) in [5.41, 5.74) is 6.11. The third-order valence-corrected chi connectivity index (χ3v) is 6.21. The summed E-state index contributed by atoms with van der Waals surface area (Å²) in [5.74, 6) is -1.31. The number of piperazine rings is 1. The van der Waals surface area contributed by atoms with Gasteiger partial charge in [0.2, 0.25) is 0 Å². The molecule has 0 aliphatic carbocycles. The monoisotopic (exact) mass is 447 g/mol. The third-order valence-electron chi connectivity index (χ3n) is 5.30. The van der Waals surface area contributed by atoms with Gasteiger partial charge in [-0.05, 0) is 26.1 Å². The Morgan fingerprint density at radius 2 is 1.97 bits per heavy atom. The van der Waals surface area contributed by atoms with E-state index in [0.29, 0.717) is 5.69 Å². The summed E-state index contributed by atoms with van der Waals surface area (Å²) in [6, 6.07) is 3.76. The molecule has 3 N–H and O–H groups in total. The number of thiazole rings is 1. The fourth-order valence-electron chi connectivity index (χ4n) is 3.80. The molecular weight excluding hydrogens is 424 g/mol. The summed E-state index contributed by atoms with van der Waals surface area (Å²) in [6.07, 6.45) is 1.57. The topological polar surface area (TPSA) is 92.3 Å². The number of rotatable bonds is 4. The van der Waals surface area contributed by atoms with Crippen LogP contribution in [0.15, 0.2) is 24.4 Å². The second-order valence-electron chi connectivity index (χ2n) is 7.59. The number of hydrogen-bond donors (Lipinski definition) is 2. The highest BCUT2D eigenvalue weighted by Crippen LogP contribution is 2.34. The van der Waals surface area contributed by atoms with Crippen molar-refractivity contribution in [1.82, 2.24) is 19.7 Å². The van der Waals surface area contributed by atoms with Crippen LogP contribution in [0.4, 0.5) is 25.3 Å². The highest BCUT2D eigenvalue weighted by atomic mass is 32.1. The predicted octanol–water partition coefficient (Wildman–Crippen LogP) is 2.80. The Morgan fingerprint density at radius 3 is 2.65 bits per heavy atom. The van der Waals surface area contributed by atoms with Gasteiger partial charge >= 0.3 is 0 Å². The van der Waals surface area contributed by atoms with E-state index in [9.17, 15) is 13.6 Å². The van der Waals surface area contributed by atoms with Gasteiger partial charge in [-0.2, -0.15) is 5.10 Å². The van der Waals surface area contributed by atoms with Crippen molar-refractivity contribution in [2.24, 2.45) is 7.05 Å². The Hall–Kier alpha value is -3.05. The third kappa shape index (κ3) is 3.98. The zero-order valence-electron chi connectivity index (χ0n) is 17.4. The van der Waals surface area contributed by atoms with Crippen molar-refractivity contribution in [3.8, 4) is 10.6 Å². The van der Waals surface area contributed by atoms with Crippen LogP contribution in [0.5, 0.6) is 0 Å². The number of nitrogen functional groups attached to an aromatic ring is 1. The zero-order valence-corrected chi connectivity index (χ0v) is 18.2. The molecule has 1 aliphatic heterocycles. The molecule has 0 bridgehead atoms. The summed E-state index contributed by atoms with van der Waals surface area (Å²) < 4.78 is 29.9. The largest absolute Gasteiger partial charge is 0.389 e. The second-order valence-corrected chi connectivity index (χ2v) is 8.62. The molecule has 0 radical (unpaired) electrons. The average molecular weight is 448 g/mol. The van der Waals surface area contributed by atoms with E-state index in [-0.39, 0.29) is 27.3 Å². The number of benzene rings is 1. The number of carbonyl (C=O) groups excluding carboxylic acids is 1. The molecule has 1 amide bonds. The number of nitrogens with two attached hydrogens (primary N) is 1. The lowest BCUT2D eigenvalue weighted by molar-refractivity contribution is 0.102. The number of likely N-dealkylation sites (N-methyl/N-ethyl adjacent to an activating group) is 1. The Morgan fingerprint density at radius 1 is 1.26 bits per heavy atom. The maximum Gasteiger partial charge on any atom is 0.277 e. The number of amides is 1. The lowest BCUT2D eigenvalue weighted by Gasteiger charge is -2.39. The van der Waals surface area contributed by atoms with Gasteiger partial charge in [-0.25, -0.2) is 13.8 Å². The van der Waals surface area contributed by atoms with E-state index in [1.807, 2.05) is 7.05 Å². The Labute approximate surface area is 182 Å². The molecular formula is C20H23F2N7OS. The van der Waals surface area contributed by atoms with Gasteiger partial charge in [0.25, 0.3) is 5.91 Å². The minimum atomic E-state index is -0.765. The van der Waals surface area contributed by atoms with Crippen LogP contribution in [0.3, 0.4) is 0 Å². The SMILES string of the molecule is C[C@@H]1CN(C)CCN1c1c(NC(=O)c2nc(-c3c(F)cccc3F)sc2N)cnn1C. The fraction of sp³-hybridized carbons (Fsp3) is 0.350. The maximum atomic E-state index is 14.1. The quantitative estimate of drug-likeness (QED) is 0.639. The van der Waals surface area contributed by atoms with Crippen molar-refractivity contribution < 1.29 is 13.6 Å². The molecule has 0 saturated carbocycles. The molecule has 1 fully saturated rings. The van der Waals surface area contributed by atoms with Crippen LogP contribution < -0.4 is 16.0 Å². The summed E-state index contributed by atoms with van der Waals surface area (Å²) in [5, 5.41) is 7.19. The summed E-state index contributed by atoms with van der Waals surface area (Å²) >= 11 is 0.862. The number of aryl methyl sites for hydroxylation is 1. The summed E-state index contributed by atoms with van der Waals surface area (Å²) in [4.78, 5) is 21.5. The Balaban J connectivity index is 1.61. The normalized spacial score (nSPS) is 17.2. The maximum absolute atomic E-state index is 14.1. The van der Waals surface area contributed by atoms with E-state index in [1.54, 1.807) is 10.9 Å². The molecule has 0 unspecified atom stereocenters. The number of hydrogen-bond acceptors (Lipinski definition) is 7. The van der Waals surface area contributed by atoms with E-state index >= 15 is 0 Å². The zero-order chi connectivity index (χ0) is 22.3. The van der Waals surface area contributed by atoms with Gasteiger partial charge in [0.1, 0.15) is 27.3 Å². The molecule has 31 heavy (non-hydrogen) atoms. The second kappa shape index (κ2) is 8.23. The van der Waals surface area contributed by atoms with E-state index in [0.717, 1.165) is 48.9 Å². The van der Waals surface area contributed by atoms with Crippen molar-refractivity contribution >= 4 is 33.8 Å². The fourth-order valence-corrected chi connectivity index (χ4v) is 4.68. The average Bonchev–Trinajstić information content (AvgIpc) is 3.25. The van der Waals surface area contributed by atoms with E-state index in [2.05, 4.69) is 39.2 Å². The molecule has 1 aliphatic rings. The van der Waals surface area contributed by atoms with Gasteiger partial charge in [0.05, 0.1) is 11.8 Å². The van der Waals surface area contributed by atoms with Crippen molar-refractivity contribution in [2.45, 2.75) is 13.0 Å². The van der Waals surface area contributed by atoms with Gasteiger partial charge in [-0.15, -0.1) is 0 Å². The minimum absolute atomic E-state index is 0.0114. The van der Waals surface area contributed by atoms with Gasteiger partial charge in [-0.1, -0.05) is 17.4 Å². The van der Waals surface area contributed by atoms with Gasteiger partial charge in [0, 0.05) is 32.7 Å². The highest BCUT2D eigenvalue weighted by molar-refractivity contribution is 7.19. The molecule has 1 aromatic carbocycles. The van der Waals surface area contributed by atoms with Crippen LogP contribution in [0.25, 0.3) is 10.6 Å². The number of carbonyl (C=O) groups is 1. The number of anilines is 3. The van der Waals surface area contributed by atoms with Gasteiger partial charge in [-0.3, -0.25) is 9.48 Å². The Bertz CT molecular complexity index is 1110. The van der Waals surface area contributed by atoms with E-state index in [1.165, 1.54) is 6.07 Å². The lowest BCUT2D eigenvalue weighted by atomic mass is 10.2. The van der Waals surface area contributed by atoms with Crippen molar-refractivity contribution in [3.05, 3.63) is 41.7 Å². The number of aromatic nitrogens is 3. The van der Waals surface area contributed by atoms with Crippen LogP contribution in [-0.2, 0) is 7.05 Å². The van der Waals surface area contributed by atoms with Gasteiger partial charge in [0.15, 0.2) is 11.5 Å².